The zero-order valence-corrected chi connectivity index (χ0v) is 18.7. The Bertz CT molecular complexity index is 834. The van der Waals surface area contributed by atoms with E-state index in [1.807, 2.05) is 19.1 Å². The van der Waals surface area contributed by atoms with Crippen molar-refractivity contribution in [2.24, 2.45) is 0 Å². The van der Waals surface area contributed by atoms with Gasteiger partial charge in [-0.25, -0.2) is 4.79 Å². The minimum atomic E-state index is -0.889. The van der Waals surface area contributed by atoms with E-state index >= 15 is 0 Å². The maximum absolute atomic E-state index is 11.0. The number of unbranched alkanes of at least 4 members (excludes halogenated alkanes) is 3. The average molecular weight is 446 g/mol. The van der Waals surface area contributed by atoms with E-state index in [0.717, 1.165) is 62.8 Å². The van der Waals surface area contributed by atoms with Gasteiger partial charge in [-0.2, -0.15) is 0 Å². The Labute approximate surface area is 189 Å². The highest BCUT2D eigenvalue weighted by molar-refractivity contribution is 5.89. The van der Waals surface area contributed by atoms with Crippen molar-refractivity contribution in [2.45, 2.75) is 51.6 Å². The van der Waals surface area contributed by atoms with E-state index < -0.39 is 12.1 Å². The molecule has 0 fully saturated rings. The summed E-state index contributed by atoms with van der Waals surface area (Å²) < 4.78 is 5.69. The predicted octanol–water partition coefficient (Wildman–Crippen LogP) is 3.94. The molecule has 0 amide bonds. The van der Waals surface area contributed by atoms with Crippen LogP contribution < -0.4 is 5.32 Å². The second-order valence-electron chi connectivity index (χ2n) is 8.09. The highest BCUT2D eigenvalue weighted by Gasteiger charge is 2.09. The van der Waals surface area contributed by atoms with E-state index in [4.69, 9.17) is 9.84 Å². The second-order valence-corrected chi connectivity index (χ2v) is 8.09. The van der Waals surface area contributed by atoms with Crippen LogP contribution in [-0.2, 0) is 11.2 Å². The normalized spacial score (nSPS) is 12.1. The maximum Gasteiger partial charge on any atom is 0.335 e. The number of hydrogen-bond donors (Lipinski definition) is 5. The standard InChI is InChI=1S/C25H35NO6/c1-18-13-19(8-9-23(18)25(30)31)7-6-12-32-11-5-3-2-4-10-26-17-24(29)20-14-21(27)16-22(28)15-20/h8-9,13-16,24,26-29H,2-7,10-12,17H2,1H3,(H,30,31). The maximum atomic E-state index is 11.0. The van der Waals surface area contributed by atoms with Gasteiger partial charge in [-0.3, -0.25) is 0 Å². The number of phenols is 2. The van der Waals surface area contributed by atoms with Gasteiger partial charge in [0, 0.05) is 25.8 Å². The average Bonchev–Trinajstić information content (AvgIpc) is 2.73. The molecule has 0 heterocycles. The molecule has 0 saturated carbocycles. The Morgan fingerprint density at radius 1 is 0.969 bits per heavy atom. The lowest BCUT2D eigenvalue weighted by Gasteiger charge is -2.13. The number of nitrogens with one attached hydrogen (secondary N) is 1. The molecule has 2 aromatic carbocycles. The Morgan fingerprint density at radius 2 is 1.66 bits per heavy atom. The number of aliphatic hydroxyl groups is 1. The Morgan fingerprint density at radius 3 is 2.34 bits per heavy atom. The van der Waals surface area contributed by atoms with Gasteiger partial charge in [0.25, 0.3) is 0 Å². The third-order valence-electron chi connectivity index (χ3n) is 5.31. The molecule has 2 rings (SSSR count). The first-order valence-electron chi connectivity index (χ1n) is 11.2. The Hall–Kier alpha value is -2.61. The van der Waals surface area contributed by atoms with Gasteiger partial charge in [0.2, 0.25) is 0 Å². The highest BCUT2D eigenvalue weighted by atomic mass is 16.5. The van der Waals surface area contributed by atoms with Crippen LogP contribution in [0.3, 0.4) is 0 Å². The number of ether oxygens (including phenoxy) is 1. The molecule has 1 atom stereocenters. The molecule has 32 heavy (non-hydrogen) atoms. The highest BCUT2D eigenvalue weighted by Crippen LogP contribution is 2.24. The number of aromatic hydroxyl groups is 2. The summed E-state index contributed by atoms with van der Waals surface area (Å²) in [5.74, 6) is -1.02. The molecular formula is C25H35NO6. The smallest absolute Gasteiger partial charge is 0.335 e. The van der Waals surface area contributed by atoms with Gasteiger partial charge in [-0.1, -0.05) is 25.0 Å². The Balaban J connectivity index is 1.44. The molecule has 0 aromatic heterocycles. The third kappa shape index (κ3) is 9.26. The number of benzene rings is 2. The molecule has 7 nitrogen and oxygen atoms in total. The number of carbonyl (C=O) groups is 1. The second kappa shape index (κ2) is 13.7. The summed E-state index contributed by atoms with van der Waals surface area (Å²) in [5.41, 5.74) is 2.76. The van der Waals surface area contributed by atoms with Crippen molar-refractivity contribution in [3.63, 3.8) is 0 Å². The first kappa shape index (κ1) is 25.6. The van der Waals surface area contributed by atoms with Gasteiger partial charge in [-0.05, 0) is 74.0 Å². The number of carboxylic acid groups (broad SMARTS) is 1. The minimum absolute atomic E-state index is 0.0641. The van der Waals surface area contributed by atoms with Crippen LogP contribution in [0.5, 0.6) is 11.5 Å². The van der Waals surface area contributed by atoms with Crippen LogP contribution in [0.1, 0.15) is 65.3 Å². The molecule has 0 bridgehead atoms. The van der Waals surface area contributed by atoms with Crippen LogP contribution in [0.2, 0.25) is 0 Å². The van der Waals surface area contributed by atoms with Gasteiger partial charge < -0.3 is 30.5 Å². The van der Waals surface area contributed by atoms with Crippen LogP contribution in [0, 0.1) is 6.92 Å². The van der Waals surface area contributed by atoms with E-state index in [1.165, 1.54) is 18.2 Å². The van der Waals surface area contributed by atoms with Crippen molar-refractivity contribution in [1.29, 1.82) is 0 Å². The summed E-state index contributed by atoms with van der Waals surface area (Å²) in [6, 6.07) is 9.60. The first-order valence-corrected chi connectivity index (χ1v) is 11.2. The fraction of sp³-hybridized carbons (Fsp3) is 0.480. The molecule has 5 N–H and O–H groups in total. The molecule has 0 aliphatic heterocycles. The Kier molecular flexibility index (Phi) is 11.0. The fourth-order valence-electron chi connectivity index (χ4n) is 3.58. The topological polar surface area (TPSA) is 119 Å². The van der Waals surface area contributed by atoms with Crippen LogP contribution in [0.15, 0.2) is 36.4 Å². The SMILES string of the molecule is Cc1cc(CCCOCCCCCCNCC(O)c2cc(O)cc(O)c2)ccc1C(=O)O. The lowest BCUT2D eigenvalue weighted by atomic mass is 10.0. The zero-order chi connectivity index (χ0) is 23.3. The third-order valence-corrected chi connectivity index (χ3v) is 5.31. The van der Waals surface area contributed by atoms with E-state index in [2.05, 4.69) is 5.32 Å². The van der Waals surface area contributed by atoms with Crippen LogP contribution in [-0.4, -0.2) is 52.7 Å². The number of rotatable bonds is 15. The minimum Gasteiger partial charge on any atom is -0.508 e. The lowest BCUT2D eigenvalue weighted by molar-refractivity contribution is 0.0696. The summed E-state index contributed by atoms with van der Waals surface area (Å²) in [6.45, 7) is 4.42. The number of carboxylic acids is 1. The van der Waals surface area contributed by atoms with E-state index in [0.29, 0.717) is 24.3 Å². The van der Waals surface area contributed by atoms with Crippen molar-refractivity contribution < 1.29 is 30.0 Å². The van der Waals surface area contributed by atoms with Crippen molar-refractivity contribution in [3.05, 3.63) is 58.7 Å². The summed E-state index contributed by atoms with van der Waals surface area (Å²) in [5, 5.41) is 41.3. The van der Waals surface area contributed by atoms with Crippen LogP contribution >= 0.6 is 0 Å². The fourth-order valence-corrected chi connectivity index (χ4v) is 3.58. The molecule has 0 radical (unpaired) electrons. The molecule has 1 unspecified atom stereocenters. The van der Waals surface area contributed by atoms with Gasteiger partial charge in [0.05, 0.1) is 11.7 Å². The lowest BCUT2D eigenvalue weighted by Crippen LogP contribution is -2.22. The van der Waals surface area contributed by atoms with Gasteiger partial charge >= 0.3 is 5.97 Å². The van der Waals surface area contributed by atoms with Crippen molar-refractivity contribution in [2.75, 3.05) is 26.3 Å². The first-order chi connectivity index (χ1) is 15.4. The van der Waals surface area contributed by atoms with Gasteiger partial charge in [0.1, 0.15) is 11.5 Å². The predicted molar refractivity (Wildman–Crippen MR) is 123 cm³/mol. The van der Waals surface area contributed by atoms with Crippen LogP contribution in [0.4, 0.5) is 0 Å². The number of phenolic OH excluding ortho intramolecular Hbond substituents is 2. The largest absolute Gasteiger partial charge is 0.508 e. The molecule has 2 aromatic rings. The van der Waals surface area contributed by atoms with Gasteiger partial charge in [0.15, 0.2) is 0 Å². The molecular weight excluding hydrogens is 410 g/mol. The molecule has 0 saturated heterocycles. The number of aromatic carboxylic acids is 1. The molecule has 0 spiro atoms. The van der Waals surface area contributed by atoms with E-state index in [1.54, 1.807) is 6.07 Å². The molecule has 0 aliphatic carbocycles. The quantitative estimate of drug-likeness (QED) is 0.263. The number of aryl methyl sites for hydroxylation is 2. The summed E-state index contributed by atoms with van der Waals surface area (Å²) in [6.07, 6.45) is 5.19. The zero-order valence-electron chi connectivity index (χ0n) is 18.7. The van der Waals surface area contributed by atoms with E-state index in [-0.39, 0.29) is 11.5 Å². The molecule has 0 aliphatic rings. The van der Waals surface area contributed by atoms with Crippen molar-refractivity contribution >= 4 is 5.97 Å². The van der Waals surface area contributed by atoms with Crippen LogP contribution in [0.25, 0.3) is 0 Å². The molecule has 176 valence electrons. The monoisotopic (exact) mass is 445 g/mol. The number of aliphatic hydroxyl groups excluding tert-OH is 1. The number of hydrogen-bond acceptors (Lipinski definition) is 6. The van der Waals surface area contributed by atoms with E-state index in [9.17, 15) is 20.1 Å². The summed E-state index contributed by atoms with van der Waals surface area (Å²) in [4.78, 5) is 11.0. The van der Waals surface area contributed by atoms with Gasteiger partial charge in [-0.15, -0.1) is 0 Å². The molecule has 7 heteroatoms. The summed E-state index contributed by atoms with van der Waals surface area (Å²) in [7, 11) is 0. The van der Waals surface area contributed by atoms with Crippen molar-refractivity contribution in [1.82, 2.24) is 5.32 Å². The summed E-state index contributed by atoms with van der Waals surface area (Å²) >= 11 is 0. The van der Waals surface area contributed by atoms with Crippen molar-refractivity contribution in [3.8, 4) is 11.5 Å².